The van der Waals surface area contributed by atoms with Crippen molar-refractivity contribution in [2.75, 3.05) is 19.7 Å². The van der Waals surface area contributed by atoms with Crippen LogP contribution in [0.3, 0.4) is 0 Å². The van der Waals surface area contributed by atoms with E-state index in [4.69, 9.17) is 9.26 Å². The first-order valence-corrected chi connectivity index (χ1v) is 8.28. The fraction of sp³-hybridized carbons (Fsp3) is 0.471. The van der Waals surface area contributed by atoms with Gasteiger partial charge in [-0.2, -0.15) is 4.98 Å². The van der Waals surface area contributed by atoms with Crippen molar-refractivity contribution >= 4 is 5.91 Å². The van der Waals surface area contributed by atoms with Crippen molar-refractivity contribution < 1.29 is 24.3 Å². The number of phenols is 2. The third-order valence-electron chi connectivity index (χ3n) is 4.20. The number of hydrogen-bond acceptors (Lipinski definition) is 7. The Kier molecular flexibility index (Phi) is 5.18. The molecule has 2 aromatic rings. The van der Waals surface area contributed by atoms with Crippen LogP contribution in [-0.4, -0.2) is 50.9 Å². The first-order chi connectivity index (χ1) is 12.1. The van der Waals surface area contributed by atoms with Gasteiger partial charge in [-0.25, -0.2) is 0 Å². The fourth-order valence-corrected chi connectivity index (χ4v) is 2.87. The van der Waals surface area contributed by atoms with Gasteiger partial charge in [-0.1, -0.05) is 18.1 Å². The molecule has 2 N–H and O–H groups in total. The second kappa shape index (κ2) is 7.52. The number of aromatic nitrogens is 2. The number of benzene rings is 1. The Balaban J connectivity index is 1.50. The smallest absolute Gasteiger partial charge is 0.261 e. The van der Waals surface area contributed by atoms with Gasteiger partial charge in [-0.15, -0.1) is 0 Å². The molecule has 25 heavy (non-hydrogen) atoms. The van der Waals surface area contributed by atoms with E-state index < -0.39 is 0 Å². The quantitative estimate of drug-likeness (QED) is 0.819. The van der Waals surface area contributed by atoms with Gasteiger partial charge in [0, 0.05) is 25.4 Å². The minimum atomic E-state index is -0.371. The first-order valence-electron chi connectivity index (χ1n) is 8.28. The summed E-state index contributed by atoms with van der Waals surface area (Å²) in [6.07, 6.45) is 1.48. The molecule has 1 aromatic carbocycles. The van der Waals surface area contributed by atoms with Gasteiger partial charge in [0.1, 0.15) is 23.7 Å². The maximum absolute atomic E-state index is 12.5. The summed E-state index contributed by atoms with van der Waals surface area (Å²) in [6, 6.07) is 4.27. The van der Waals surface area contributed by atoms with Crippen LogP contribution >= 0.6 is 0 Å². The molecule has 1 atom stereocenters. The lowest BCUT2D eigenvalue weighted by atomic mass is 10.1. The van der Waals surface area contributed by atoms with Gasteiger partial charge in [0.05, 0.1) is 6.61 Å². The molecule has 0 radical (unpaired) electrons. The monoisotopic (exact) mass is 347 g/mol. The van der Waals surface area contributed by atoms with Crippen LogP contribution < -0.4 is 0 Å². The molecule has 8 nitrogen and oxygen atoms in total. The Bertz CT molecular complexity index is 725. The maximum atomic E-state index is 12.5. The van der Waals surface area contributed by atoms with Gasteiger partial charge in [0.15, 0.2) is 5.82 Å². The number of nitrogens with zero attached hydrogens (tertiary/aromatic N) is 3. The summed E-state index contributed by atoms with van der Waals surface area (Å²) in [5, 5.41) is 23.5. The van der Waals surface area contributed by atoms with E-state index in [1.807, 2.05) is 6.92 Å². The van der Waals surface area contributed by atoms with Crippen LogP contribution in [0.15, 0.2) is 22.7 Å². The maximum Gasteiger partial charge on any atom is 0.261 e. The van der Waals surface area contributed by atoms with Crippen LogP contribution in [0, 0.1) is 5.92 Å². The Morgan fingerprint density at radius 1 is 1.40 bits per heavy atom. The first kappa shape index (κ1) is 17.2. The Morgan fingerprint density at radius 3 is 2.84 bits per heavy atom. The van der Waals surface area contributed by atoms with Crippen molar-refractivity contribution in [1.29, 1.82) is 0 Å². The van der Waals surface area contributed by atoms with Crippen molar-refractivity contribution in [3.05, 3.63) is 35.5 Å². The third-order valence-corrected chi connectivity index (χ3v) is 4.20. The highest BCUT2D eigenvalue weighted by atomic mass is 16.5. The molecule has 1 aliphatic rings. The number of ether oxygens (including phenoxy) is 1. The lowest BCUT2D eigenvalue weighted by Crippen LogP contribution is -2.29. The number of phenolic OH excluding ortho intramolecular Hbond substituents is 2. The van der Waals surface area contributed by atoms with Crippen LogP contribution in [0.2, 0.25) is 0 Å². The summed E-state index contributed by atoms with van der Waals surface area (Å²) < 4.78 is 10.6. The molecular formula is C17H21N3O5. The molecule has 8 heteroatoms. The van der Waals surface area contributed by atoms with Crippen LogP contribution in [0.4, 0.5) is 0 Å². The lowest BCUT2D eigenvalue weighted by Gasteiger charge is -2.18. The molecule has 0 bridgehead atoms. The molecule has 0 aliphatic carbocycles. The number of hydrogen-bond donors (Lipinski definition) is 2. The van der Waals surface area contributed by atoms with Crippen LogP contribution in [-0.2, 0) is 17.8 Å². The van der Waals surface area contributed by atoms with Crippen molar-refractivity contribution in [2.45, 2.75) is 26.4 Å². The Labute approximate surface area is 145 Å². The van der Waals surface area contributed by atoms with E-state index in [1.165, 1.54) is 18.2 Å². The van der Waals surface area contributed by atoms with Crippen molar-refractivity contribution in [3.63, 3.8) is 0 Å². The number of carbonyl (C=O) groups is 1. The lowest BCUT2D eigenvalue weighted by molar-refractivity contribution is 0.0713. The molecule has 1 unspecified atom stereocenters. The largest absolute Gasteiger partial charge is 0.507 e. The summed E-state index contributed by atoms with van der Waals surface area (Å²) in [5.41, 5.74) is -0.0528. The molecule has 1 aromatic heterocycles. The zero-order valence-electron chi connectivity index (χ0n) is 14.0. The van der Waals surface area contributed by atoms with Gasteiger partial charge < -0.3 is 24.4 Å². The number of aromatic hydroxyl groups is 2. The molecule has 1 aliphatic heterocycles. The molecule has 1 saturated heterocycles. The summed E-state index contributed by atoms with van der Waals surface area (Å²) in [7, 11) is 0. The Hall–Kier alpha value is -2.61. The number of rotatable bonds is 6. The molecule has 1 amide bonds. The van der Waals surface area contributed by atoms with Gasteiger partial charge in [0.2, 0.25) is 5.89 Å². The second-order valence-electron chi connectivity index (χ2n) is 6.05. The minimum Gasteiger partial charge on any atom is -0.507 e. The SMILES string of the molecule is CCc1nc(COCC2CCN(C(=O)c3c(O)cccc3O)C2)no1. The topological polar surface area (TPSA) is 109 Å². The van der Waals surface area contributed by atoms with E-state index in [0.717, 1.165) is 6.42 Å². The third kappa shape index (κ3) is 3.90. The molecule has 2 heterocycles. The van der Waals surface area contributed by atoms with E-state index in [1.54, 1.807) is 4.90 Å². The fourth-order valence-electron chi connectivity index (χ4n) is 2.87. The predicted octanol–water partition coefficient (Wildman–Crippen LogP) is 1.72. The van der Waals surface area contributed by atoms with Crippen molar-refractivity contribution in [2.24, 2.45) is 5.92 Å². The van der Waals surface area contributed by atoms with Crippen molar-refractivity contribution in [1.82, 2.24) is 15.0 Å². The molecule has 1 fully saturated rings. The molecule has 0 spiro atoms. The zero-order valence-corrected chi connectivity index (χ0v) is 14.0. The average molecular weight is 347 g/mol. The van der Waals surface area contributed by atoms with Crippen LogP contribution in [0.5, 0.6) is 11.5 Å². The number of aryl methyl sites for hydroxylation is 1. The van der Waals surface area contributed by atoms with Crippen LogP contribution in [0.1, 0.15) is 35.4 Å². The summed E-state index contributed by atoms with van der Waals surface area (Å²) in [5.74, 6) is 0.487. The normalized spacial score (nSPS) is 17.2. The highest BCUT2D eigenvalue weighted by molar-refractivity contribution is 5.99. The summed E-state index contributed by atoms with van der Waals surface area (Å²) >= 11 is 0. The standard InChI is InChI=1S/C17H21N3O5/c1-2-15-18-14(19-25-15)10-24-9-11-6-7-20(8-11)17(23)16-12(21)4-3-5-13(16)22/h3-5,11,21-22H,2,6-10H2,1H3. The van der Waals surface area contributed by atoms with E-state index in [-0.39, 0.29) is 35.5 Å². The van der Waals surface area contributed by atoms with E-state index in [2.05, 4.69) is 10.1 Å². The van der Waals surface area contributed by atoms with E-state index in [0.29, 0.717) is 37.8 Å². The van der Waals surface area contributed by atoms with Gasteiger partial charge in [0.25, 0.3) is 5.91 Å². The van der Waals surface area contributed by atoms with Crippen molar-refractivity contribution in [3.8, 4) is 11.5 Å². The zero-order chi connectivity index (χ0) is 17.8. The molecular weight excluding hydrogens is 326 g/mol. The van der Waals surface area contributed by atoms with E-state index >= 15 is 0 Å². The average Bonchev–Trinajstić information content (AvgIpc) is 3.24. The van der Waals surface area contributed by atoms with Crippen LogP contribution in [0.25, 0.3) is 0 Å². The summed E-state index contributed by atoms with van der Waals surface area (Å²) in [4.78, 5) is 18.3. The van der Waals surface area contributed by atoms with Gasteiger partial charge in [-0.05, 0) is 18.6 Å². The number of carbonyl (C=O) groups excluding carboxylic acids is 1. The number of likely N-dealkylation sites (tertiary alicyclic amines) is 1. The highest BCUT2D eigenvalue weighted by Crippen LogP contribution is 2.29. The van der Waals surface area contributed by atoms with Gasteiger partial charge in [-0.3, -0.25) is 4.79 Å². The molecule has 0 saturated carbocycles. The summed E-state index contributed by atoms with van der Waals surface area (Å²) in [6.45, 7) is 3.76. The van der Waals surface area contributed by atoms with E-state index in [9.17, 15) is 15.0 Å². The highest BCUT2D eigenvalue weighted by Gasteiger charge is 2.30. The minimum absolute atomic E-state index is 0.0528. The predicted molar refractivity (Wildman–Crippen MR) is 87.1 cm³/mol. The molecule has 134 valence electrons. The molecule has 3 rings (SSSR count). The number of amides is 1. The Morgan fingerprint density at radius 2 is 2.16 bits per heavy atom. The van der Waals surface area contributed by atoms with Gasteiger partial charge >= 0.3 is 0 Å². The second-order valence-corrected chi connectivity index (χ2v) is 6.05.